The van der Waals surface area contributed by atoms with Crippen molar-refractivity contribution in [2.75, 3.05) is 37.6 Å². The number of halogens is 1. The van der Waals surface area contributed by atoms with Crippen molar-refractivity contribution in [1.29, 1.82) is 0 Å². The molecular formula is C16H20ClN3O3S2. The number of benzene rings is 1. The highest BCUT2D eigenvalue weighted by molar-refractivity contribution is 7.93. The van der Waals surface area contributed by atoms with E-state index >= 15 is 0 Å². The summed E-state index contributed by atoms with van der Waals surface area (Å²) in [6.07, 6.45) is 0.786. The van der Waals surface area contributed by atoms with Gasteiger partial charge in [-0.2, -0.15) is 0 Å². The predicted molar refractivity (Wildman–Crippen MR) is 100 cm³/mol. The van der Waals surface area contributed by atoms with Crippen LogP contribution in [-0.2, 0) is 21.2 Å². The molecule has 1 aromatic carbocycles. The Morgan fingerprint density at radius 2 is 2.12 bits per heavy atom. The van der Waals surface area contributed by atoms with Gasteiger partial charge < -0.3 is 4.74 Å². The molecular weight excluding hydrogens is 382 g/mol. The lowest BCUT2D eigenvalue weighted by atomic mass is 10.2. The van der Waals surface area contributed by atoms with Crippen molar-refractivity contribution in [2.24, 2.45) is 0 Å². The van der Waals surface area contributed by atoms with Gasteiger partial charge in [0.2, 0.25) is 0 Å². The maximum Gasteiger partial charge on any atom is 0.263 e. The zero-order valence-electron chi connectivity index (χ0n) is 13.9. The number of ether oxygens (including phenoxy) is 1. The van der Waals surface area contributed by atoms with Crippen molar-refractivity contribution in [3.63, 3.8) is 0 Å². The topological polar surface area (TPSA) is 71.5 Å². The number of aromatic nitrogens is 1. The Balaban J connectivity index is 1.65. The third-order valence-electron chi connectivity index (χ3n) is 4.07. The average Bonchev–Trinajstić information content (AvgIpc) is 3.03. The maximum atomic E-state index is 12.6. The molecule has 1 aliphatic rings. The predicted octanol–water partition coefficient (Wildman–Crippen LogP) is 2.78. The lowest BCUT2D eigenvalue weighted by molar-refractivity contribution is 0.0383. The minimum Gasteiger partial charge on any atom is -0.379 e. The first-order valence-electron chi connectivity index (χ1n) is 7.98. The zero-order valence-corrected chi connectivity index (χ0v) is 16.3. The largest absolute Gasteiger partial charge is 0.379 e. The number of anilines is 1. The van der Waals surface area contributed by atoms with Gasteiger partial charge in [0.1, 0.15) is 0 Å². The second-order valence-corrected chi connectivity index (χ2v) is 8.73. The second kappa shape index (κ2) is 8.01. The van der Waals surface area contributed by atoms with Crippen LogP contribution in [0.5, 0.6) is 0 Å². The van der Waals surface area contributed by atoms with E-state index < -0.39 is 10.0 Å². The summed E-state index contributed by atoms with van der Waals surface area (Å²) in [5.41, 5.74) is 1.41. The van der Waals surface area contributed by atoms with Crippen LogP contribution in [0.4, 0.5) is 5.13 Å². The Morgan fingerprint density at radius 1 is 1.36 bits per heavy atom. The van der Waals surface area contributed by atoms with E-state index in [0.717, 1.165) is 45.0 Å². The summed E-state index contributed by atoms with van der Waals surface area (Å²) in [5.74, 6) is 0. The molecule has 25 heavy (non-hydrogen) atoms. The summed E-state index contributed by atoms with van der Waals surface area (Å²) in [4.78, 5) is 6.89. The number of hydrogen-bond donors (Lipinski definition) is 1. The normalized spacial score (nSPS) is 16.1. The van der Waals surface area contributed by atoms with Gasteiger partial charge in [-0.25, -0.2) is 13.4 Å². The van der Waals surface area contributed by atoms with Crippen molar-refractivity contribution >= 4 is 38.1 Å². The van der Waals surface area contributed by atoms with E-state index in [2.05, 4.69) is 14.6 Å². The first-order chi connectivity index (χ1) is 12.0. The SMILES string of the molecule is Cc1c(Cl)cccc1S(=O)(=O)Nc1nc(CCN2CCOCC2)cs1. The molecule has 0 radical (unpaired) electrons. The molecule has 0 saturated carbocycles. The quantitative estimate of drug-likeness (QED) is 0.805. The third kappa shape index (κ3) is 4.71. The Bertz CT molecular complexity index is 833. The molecule has 3 rings (SSSR count). The number of morpholine rings is 1. The molecule has 1 aliphatic heterocycles. The van der Waals surface area contributed by atoms with Gasteiger partial charge in [0, 0.05) is 36.5 Å². The van der Waals surface area contributed by atoms with Crippen molar-refractivity contribution in [3.8, 4) is 0 Å². The van der Waals surface area contributed by atoms with Gasteiger partial charge in [0.05, 0.1) is 23.8 Å². The molecule has 1 aromatic heterocycles. The molecule has 0 unspecified atom stereocenters. The number of sulfonamides is 1. The van der Waals surface area contributed by atoms with Crippen LogP contribution >= 0.6 is 22.9 Å². The van der Waals surface area contributed by atoms with E-state index in [1.807, 2.05) is 5.38 Å². The molecule has 6 nitrogen and oxygen atoms in total. The average molecular weight is 402 g/mol. The van der Waals surface area contributed by atoms with Crippen LogP contribution in [0.2, 0.25) is 5.02 Å². The van der Waals surface area contributed by atoms with Crippen molar-refractivity contribution < 1.29 is 13.2 Å². The fourth-order valence-electron chi connectivity index (χ4n) is 2.61. The Morgan fingerprint density at radius 3 is 2.88 bits per heavy atom. The first kappa shape index (κ1) is 18.6. The summed E-state index contributed by atoms with van der Waals surface area (Å²) in [7, 11) is -3.70. The Hall–Kier alpha value is -1.19. The van der Waals surface area contributed by atoms with Crippen LogP contribution in [0.1, 0.15) is 11.3 Å². The Kier molecular flexibility index (Phi) is 5.96. The molecule has 0 aliphatic carbocycles. The molecule has 2 aromatic rings. The van der Waals surface area contributed by atoms with Gasteiger partial charge in [-0.1, -0.05) is 17.7 Å². The van der Waals surface area contributed by atoms with Crippen molar-refractivity contribution in [2.45, 2.75) is 18.2 Å². The molecule has 0 bridgehead atoms. The number of thiazole rings is 1. The number of nitrogens with one attached hydrogen (secondary N) is 1. The van der Waals surface area contributed by atoms with E-state index in [-0.39, 0.29) is 4.90 Å². The lowest BCUT2D eigenvalue weighted by Gasteiger charge is -2.26. The highest BCUT2D eigenvalue weighted by Gasteiger charge is 2.20. The molecule has 136 valence electrons. The highest BCUT2D eigenvalue weighted by atomic mass is 35.5. The molecule has 1 saturated heterocycles. The highest BCUT2D eigenvalue weighted by Crippen LogP contribution is 2.26. The molecule has 9 heteroatoms. The Labute approximate surface area is 156 Å². The van der Waals surface area contributed by atoms with E-state index in [4.69, 9.17) is 16.3 Å². The summed E-state index contributed by atoms with van der Waals surface area (Å²) in [6, 6.07) is 4.83. The third-order valence-corrected chi connectivity index (χ3v) is 6.90. The monoisotopic (exact) mass is 401 g/mol. The lowest BCUT2D eigenvalue weighted by Crippen LogP contribution is -2.37. The summed E-state index contributed by atoms with van der Waals surface area (Å²) in [5, 5.41) is 2.69. The van der Waals surface area contributed by atoms with E-state index in [9.17, 15) is 8.42 Å². The first-order valence-corrected chi connectivity index (χ1v) is 10.7. The zero-order chi connectivity index (χ0) is 17.9. The molecule has 0 atom stereocenters. The molecule has 1 N–H and O–H groups in total. The van der Waals surface area contributed by atoms with Crippen LogP contribution < -0.4 is 4.72 Å². The molecule has 0 amide bonds. The summed E-state index contributed by atoms with van der Waals surface area (Å²) < 4.78 is 33.0. The standard InChI is InChI=1S/C16H20ClN3O3S2/c1-12-14(17)3-2-4-15(12)25(21,22)19-16-18-13(11-24-16)5-6-20-7-9-23-10-8-20/h2-4,11H,5-10H2,1H3,(H,18,19). The van der Waals surface area contributed by atoms with Crippen LogP contribution in [0.3, 0.4) is 0 Å². The second-order valence-electron chi connectivity index (χ2n) is 5.82. The van der Waals surface area contributed by atoms with Gasteiger partial charge in [-0.15, -0.1) is 11.3 Å². The van der Waals surface area contributed by atoms with E-state index in [1.165, 1.54) is 17.4 Å². The van der Waals surface area contributed by atoms with Gasteiger partial charge in [-0.05, 0) is 24.6 Å². The van der Waals surface area contributed by atoms with Crippen LogP contribution in [-0.4, -0.2) is 51.1 Å². The van der Waals surface area contributed by atoms with Crippen LogP contribution in [0.15, 0.2) is 28.5 Å². The van der Waals surface area contributed by atoms with Crippen LogP contribution in [0, 0.1) is 6.92 Å². The van der Waals surface area contributed by atoms with E-state index in [1.54, 1.807) is 19.1 Å². The minimum atomic E-state index is -3.70. The summed E-state index contributed by atoms with van der Waals surface area (Å²) in [6.45, 7) is 5.97. The van der Waals surface area contributed by atoms with E-state index in [0.29, 0.717) is 15.7 Å². The van der Waals surface area contributed by atoms with Crippen molar-refractivity contribution in [3.05, 3.63) is 39.9 Å². The van der Waals surface area contributed by atoms with Gasteiger partial charge in [-0.3, -0.25) is 9.62 Å². The number of hydrogen-bond acceptors (Lipinski definition) is 6. The van der Waals surface area contributed by atoms with Gasteiger partial charge in [0.15, 0.2) is 5.13 Å². The van der Waals surface area contributed by atoms with Gasteiger partial charge >= 0.3 is 0 Å². The summed E-state index contributed by atoms with van der Waals surface area (Å²) >= 11 is 7.31. The minimum absolute atomic E-state index is 0.171. The number of nitrogens with zero attached hydrogens (tertiary/aromatic N) is 2. The van der Waals surface area contributed by atoms with Crippen molar-refractivity contribution in [1.82, 2.24) is 9.88 Å². The fraction of sp³-hybridized carbons (Fsp3) is 0.438. The fourth-order valence-corrected chi connectivity index (χ4v) is 5.11. The molecule has 1 fully saturated rings. The molecule has 0 spiro atoms. The smallest absolute Gasteiger partial charge is 0.263 e. The van der Waals surface area contributed by atoms with Crippen LogP contribution in [0.25, 0.3) is 0 Å². The maximum absolute atomic E-state index is 12.6. The molecule has 2 heterocycles. The number of rotatable bonds is 6. The van der Waals surface area contributed by atoms with Gasteiger partial charge in [0.25, 0.3) is 10.0 Å².